The fourth-order valence-corrected chi connectivity index (χ4v) is 1.13. The molecule has 0 aliphatic heterocycles. The first-order chi connectivity index (χ1) is 8.67. The van der Waals surface area contributed by atoms with Gasteiger partial charge in [-0.15, -0.1) is 0 Å². The van der Waals surface area contributed by atoms with Crippen LogP contribution in [0.25, 0.3) is 0 Å². The van der Waals surface area contributed by atoms with Gasteiger partial charge in [-0.1, -0.05) is 6.92 Å². The van der Waals surface area contributed by atoms with E-state index in [4.69, 9.17) is 21.3 Å². The minimum atomic E-state index is -4.71. The van der Waals surface area contributed by atoms with Crippen LogP contribution in [0.4, 0.5) is 0 Å². The second kappa shape index (κ2) is 8.20. The van der Waals surface area contributed by atoms with E-state index < -0.39 is 45.2 Å². The predicted molar refractivity (Wildman–Crippen MR) is 61.3 cm³/mol. The molecule has 19 heavy (non-hydrogen) atoms. The van der Waals surface area contributed by atoms with Crippen molar-refractivity contribution in [1.29, 1.82) is 0 Å². The Balaban J connectivity index is 3.92. The van der Waals surface area contributed by atoms with Crippen molar-refractivity contribution in [3.8, 4) is 0 Å². The van der Waals surface area contributed by atoms with Crippen LogP contribution in [0.3, 0.4) is 0 Å². The summed E-state index contributed by atoms with van der Waals surface area (Å²) < 4.78 is 23.3. The highest BCUT2D eigenvalue weighted by Gasteiger charge is 2.22. The summed E-state index contributed by atoms with van der Waals surface area (Å²) in [6.07, 6.45) is 0.364. The average molecular weight is 300 g/mol. The van der Waals surface area contributed by atoms with Crippen molar-refractivity contribution in [2.24, 2.45) is 11.5 Å². The maximum absolute atomic E-state index is 11.2. The molecule has 0 aromatic heterocycles. The zero-order valence-electron chi connectivity index (χ0n) is 10.2. The topological polar surface area (TPSA) is 171 Å². The van der Waals surface area contributed by atoms with E-state index >= 15 is 0 Å². The highest BCUT2D eigenvalue weighted by Crippen LogP contribution is 2.35. The summed E-state index contributed by atoms with van der Waals surface area (Å²) in [6, 6.07) is -2.23. The molecule has 0 amide bonds. The molecule has 10 nitrogen and oxygen atoms in total. The molecule has 2 unspecified atom stereocenters. The lowest BCUT2D eigenvalue weighted by Crippen LogP contribution is -2.38. The van der Waals surface area contributed by atoms with Crippen LogP contribution in [0.5, 0.6) is 0 Å². The standard InChI is InChI=1S/C8H17N2O8P/c1-2-5(9)7(11)16-4-17-8(12)6(10)3-18-19(13,14)15/h5-6H,2-4,9-10H2,1H3,(H2,13,14,15). The number of nitrogens with two attached hydrogens (primary N) is 2. The molecule has 0 aliphatic carbocycles. The third-order valence-electron chi connectivity index (χ3n) is 1.87. The summed E-state index contributed by atoms with van der Waals surface area (Å²) in [7, 11) is -4.71. The molecule has 0 fully saturated rings. The van der Waals surface area contributed by atoms with Crippen LogP contribution in [-0.4, -0.2) is 47.2 Å². The van der Waals surface area contributed by atoms with Gasteiger partial charge in [-0.2, -0.15) is 0 Å². The van der Waals surface area contributed by atoms with Crippen LogP contribution in [0.1, 0.15) is 13.3 Å². The first kappa shape index (κ1) is 18.0. The summed E-state index contributed by atoms with van der Waals surface area (Å²) in [4.78, 5) is 39.0. The van der Waals surface area contributed by atoms with E-state index in [2.05, 4.69) is 14.0 Å². The van der Waals surface area contributed by atoms with E-state index in [9.17, 15) is 14.2 Å². The van der Waals surface area contributed by atoms with E-state index in [1.165, 1.54) is 0 Å². The molecule has 0 heterocycles. The van der Waals surface area contributed by atoms with Gasteiger partial charge in [-0.05, 0) is 6.42 Å². The fourth-order valence-electron chi connectivity index (χ4n) is 0.772. The van der Waals surface area contributed by atoms with E-state index in [0.717, 1.165) is 0 Å². The number of phosphoric ester groups is 1. The largest absolute Gasteiger partial charge is 0.469 e. The molecule has 0 rings (SSSR count). The van der Waals surface area contributed by atoms with Crippen LogP contribution in [0.15, 0.2) is 0 Å². The van der Waals surface area contributed by atoms with Gasteiger partial charge in [0.15, 0.2) is 0 Å². The maximum atomic E-state index is 11.2. The van der Waals surface area contributed by atoms with E-state index in [1.54, 1.807) is 6.92 Å². The normalized spacial score (nSPS) is 14.6. The molecule has 0 bridgehead atoms. The zero-order chi connectivity index (χ0) is 15.1. The third-order valence-corrected chi connectivity index (χ3v) is 2.36. The molecule has 0 aliphatic rings. The minimum absolute atomic E-state index is 0.364. The third kappa shape index (κ3) is 8.65. The van der Waals surface area contributed by atoms with Crippen LogP contribution in [0, 0.1) is 0 Å². The number of esters is 2. The predicted octanol–water partition coefficient (Wildman–Crippen LogP) is -1.80. The Bertz CT molecular complexity index is 357. The summed E-state index contributed by atoms with van der Waals surface area (Å²) in [6.45, 7) is 0.258. The van der Waals surface area contributed by atoms with Crippen molar-refractivity contribution < 1.29 is 37.9 Å². The number of carbonyl (C=O) groups excluding carboxylic acids is 2. The molecule has 0 radical (unpaired) electrons. The smallest absolute Gasteiger partial charge is 0.427 e. The maximum Gasteiger partial charge on any atom is 0.469 e. The summed E-state index contributed by atoms with van der Waals surface area (Å²) in [5, 5.41) is 0. The monoisotopic (exact) mass is 300 g/mol. The van der Waals surface area contributed by atoms with Crippen LogP contribution >= 0.6 is 7.82 Å². The van der Waals surface area contributed by atoms with Crippen molar-refractivity contribution in [3.63, 3.8) is 0 Å². The SMILES string of the molecule is CCC(N)C(=O)OCOC(=O)C(N)COP(=O)(O)O. The second-order valence-electron chi connectivity index (χ2n) is 3.45. The average Bonchev–Trinajstić information content (AvgIpc) is 2.33. The Morgan fingerprint density at radius 2 is 1.63 bits per heavy atom. The van der Waals surface area contributed by atoms with Crippen molar-refractivity contribution in [2.75, 3.05) is 13.4 Å². The number of ether oxygens (including phenoxy) is 2. The number of phosphoric acid groups is 1. The lowest BCUT2D eigenvalue weighted by Gasteiger charge is -2.13. The van der Waals surface area contributed by atoms with Crippen molar-refractivity contribution in [2.45, 2.75) is 25.4 Å². The molecule has 0 aromatic carbocycles. The van der Waals surface area contributed by atoms with Gasteiger partial charge in [-0.25, -0.2) is 4.57 Å². The Morgan fingerprint density at radius 3 is 2.05 bits per heavy atom. The minimum Gasteiger partial charge on any atom is -0.427 e. The van der Waals surface area contributed by atoms with Crippen molar-refractivity contribution in [3.05, 3.63) is 0 Å². The molecule has 112 valence electrons. The molecule has 0 aromatic rings. The van der Waals surface area contributed by atoms with Gasteiger partial charge in [0.05, 0.1) is 6.61 Å². The highest BCUT2D eigenvalue weighted by atomic mass is 31.2. The van der Waals surface area contributed by atoms with E-state index in [1.807, 2.05) is 0 Å². The van der Waals surface area contributed by atoms with Crippen LogP contribution in [-0.2, 0) is 28.2 Å². The lowest BCUT2D eigenvalue weighted by molar-refractivity contribution is -0.169. The van der Waals surface area contributed by atoms with Crippen molar-refractivity contribution >= 4 is 19.8 Å². The zero-order valence-corrected chi connectivity index (χ0v) is 11.1. The molecular weight excluding hydrogens is 283 g/mol. The van der Waals surface area contributed by atoms with Gasteiger partial charge in [0.25, 0.3) is 0 Å². The number of carbonyl (C=O) groups is 2. The highest BCUT2D eigenvalue weighted by molar-refractivity contribution is 7.46. The van der Waals surface area contributed by atoms with Crippen molar-refractivity contribution in [1.82, 2.24) is 0 Å². The van der Waals surface area contributed by atoms with E-state index in [-0.39, 0.29) is 0 Å². The molecule has 0 saturated carbocycles. The molecule has 0 spiro atoms. The summed E-state index contributed by atoms with van der Waals surface area (Å²) in [5.41, 5.74) is 10.6. The first-order valence-electron chi connectivity index (χ1n) is 5.22. The van der Waals surface area contributed by atoms with Gasteiger partial charge in [0, 0.05) is 0 Å². The lowest BCUT2D eigenvalue weighted by atomic mass is 10.2. The van der Waals surface area contributed by atoms with Gasteiger partial charge in [0.2, 0.25) is 6.79 Å². The Hall–Kier alpha value is -1.03. The van der Waals surface area contributed by atoms with Gasteiger partial charge in [0.1, 0.15) is 12.1 Å². The van der Waals surface area contributed by atoms with Gasteiger partial charge < -0.3 is 30.7 Å². The summed E-state index contributed by atoms with van der Waals surface area (Å²) in [5.74, 6) is -1.78. The molecule has 6 N–H and O–H groups in total. The molecular formula is C8H17N2O8P. The molecule has 0 saturated heterocycles. The number of rotatable bonds is 8. The fraction of sp³-hybridized carbons (Fsp3) is 0.750. The second-order valence-corrected chi connectivity index (χ2v) is 4.69. The summed E-state index contributed by atoms with van der Waals surface area (Å²) >= 11 is 0. The van der Waals surface area contributed by atoms with Crippen LogP contribution in [0.2, 0.25) is 0 Å². The van der Waals surface area contributed by atoms with E-state index in [0.29, 0.717) is 6.42 Å². The number of hydrogen-bond acceptors (Lipinski definition) is 8. The molecule has 2 atom stereocenters. The quantitative estimate of drug-likeness (QED) is 0.228. The Morgan fingerprint density at radius 1 is 1.16 bits per heavy atom. The number of hydrogen-bond donors (Lipinski definition) is 4. The molecule has 11 heteroatoms. The Kier molecular flexibility index (Phi) is 7.76. The van der Waals surface area contributed by atoms with Gasteiger partial charge in [-0.3, -0.25) is 14.1 Å². The van der Waals surface area contributed by atoms with Crippen LogP contribution < -0.4 is 11.5 Å². The van der Waals surface area contributed by atoms with Gasteiger partial charge >= 0.3 is 19.8 Å². The first-order valence-corrected chi connectivity index (χ1v) is 6.75. The Labute approximate surface area is 109 Å².